The molecule has 0 aliphatic carbocycles. The van der Waals surface area contributed by atoms with E-state index in [1.165, 1.54) is 52.6 Å². The van der Waals surface area contributed by atoms with E-state index in [1.54, 1.807) is 0 Å². The van der Waals surface area contributed by atoms with Gasteiger partial charge in [-0.05, 0) is 63.6 Å². The highest BCUT2D eigenvalue weighted by molar-refractivity contribution is 7.18. The van der Waals surface area contributed by atoms with Crippen LogP contribution in [0.15, 0.2) is 66.9 Å². The highest BCUT2D eigenvalue weighted by Crippen LogP contribution is 2.42. The van der Waals surface area contributed by atoms with E-state index >= 15 is 0 Å². The van der Waals surface area contributed by atoms with Crippen molar-refractivity contribution >= 4 is 32.3 Å². The summed E-state index contributed by atoms with van der Waals surface area (Å²) in [5.74, 6) is 0. The largest absolute Gasteiger partial charge is 0.394 e. The maximum atomic E-state index is 13.5. The number of hydrogen-bond donors (Lipinski definition) is 0. The molecular formula is C33H34F3N2S+. The molecule has 0 spiro atoms. The van der Waals surface area contributed by atoms with Gasteiger partial charge in [0.15, 0.2) is 6.20 Å². The molecule has 0 atom stereocenters. The molecule has 0 aliphatic heterocycles. The molecule has 0 N–H and O–H groups in total. The molecule has 6 heteroatoms. The van der Waals surface area contributed by atoms with Gasteiger partial charge in [-0.2, -0.15) is 13.2 Å². The van der Waals surface area contributed by atoms with E-state index in [-0.39, 0.29) is 11.8 Å². The molecule has 0 saturated heterocycles. The van der Waals surface area contributed by atoms with E-state index in [0.717, 1.165) is 27.0 Å². The number of fused-ring (bicyclic) bond motifs is 2. The van der Waals surface area contributed by atoms with E-state index in [4.69, 9.17) is 0 Å². The zero-order valence-electron chi connectivity index (χ0n) is 23.5. The monoisotopic (exact) mass is 547 g/mol. The van der Waals surface area contributed by atoms with Crippen LogP contribution in [0.3, 0.4) is 0 Å². The van der Waals surface area contributed by atoms with Crippen molar-refractivity contribution < 1.29 is 17.7 Å². The van der Waals surface area contributed by atoms with E-state index in [1.807, 2.05) is 18.2 Å². The van der Waals surface area contributed by atoms with Crippen molar-refractivity contribution in [2.45, 2.75) is 59.6 Å². The van der Waals surface area contributed by atoms with Gasteiger partial charge in [-0.25, -0.2) is 9.55 Å². The fourth-order valence-corrected chi connectivity index (χ4v) is 6.31. The summed E-state index contributed by atoms with van der Waals surface area (Å²) < 4.78 is 43.4. The highest BCUT2D eigenvalue weighted by atomic mass is 32.1. The van der Waals surface area contributed by atoms with Crippen LogP contribution in [0.1, 0.15) is 50.8 Å². The molecule has 5 rings (SSSR count). The van der Waals surface area contributed by atoms with Gasteiger partial charge in [-0.15, -0.1) is 11.3 Å². The highest BCUT2D eigenvalue weighted by Gasteiger charge is 2.47. The topological polar surface area (TPSA) is 16.8 Å². The van der Waals surface area contributed by atoms with Crippen molar-refractivity contribution in [2.75, 3.05) is 0 Å². The average Bonchev–Trinajstić information content (AvgIpc) is 3.24. The van der Waals surface area contributed by atoms with Crippen LogP contribution in [0.2, 0.25) is 0 Å². The molecule has 0 aliphatic rings. The van der Waals surface area contributed by atoms with Crippen molar-refractivity contribution in [2.24, 2.45) is 12.5 Å². The van der Waals surface area contributed by atoms with Gasteiger partial charge in [-0.3, -0.25) is 0 Å². The molecule has 39 heavy (non-hydrogen) atoms. The van der Waals surface area contributed by atoms with Crippen LogP contribution in [-0.4, -0.2) is 11.2 Å². The summed E-state index contributed by atoms with van der Waals surface area (Å²) in [5, 5.41) is 3.04. The number of nitrogens with zero attached hydrogens (tertiary/aromatic N) is 2. The Bertz CT molecular complexity index is 1700. The first kappa shape index (κ1) is 27.3. The molecule has 0 unspecified atom stereocenters. The van der Waals surface area contributed by atoms with Crippen LogP contribution < -0.4 is 4.57 Å². The first-order chi connectivity index (χ1) is 18.2. The maximum absolute atomic E-state index is 13.5. The first-order valence-corrected chi connectivity index (χ1v) is 14.0. The quantitative estimate of drug-likeness (QED) is 0.205. The summed E-state index contributed by atoms with van der Waals surface area (Å²) in [5.41, 5.74) is 5.76. The number of pyridine rings is 1. The van der Waals surface area contributed by atoms with E-state index in [2.05, 4.69) is 93.0 Å². The van der Waals surface area contributed by atoms with Gasteiger partial charge >= 0.3 is 6.18 Å². The lowest BCUT2D eigenvalue weighted by Crippen LogP contribution is -2.34. The smallest absolute Gasteiger partial charge is 0.241 e. The minimum absolute atomic E-state index is 0.0215. The number of alkyl halides is 3. The summed E-state index contributed by atoms with van der Waals surface area (Å²) in [6.45, 7) is 11.4. The van der Waals surface area contributed by atoms with Gasteiger partial charge in [-0.1, -0.05) is 65.0 Å². The van der Waals surface area contributed by atoms with Crippen molar-refractivity contribution in [3.8, 4) is 22.4 Å². The predicted molar refractivity (Wildman–Crippen MR) is 156 cm³/mol. The number of benzene rings is 3. The van der Waals surface area contributed by atoms with Gasteiger partial charge in [0.2, 0.25) is 5.69 Å². The van der Waals surface area contributed by atoms with Gasteiger partial charge in [0, 0.05) is 24.1 Å². The van der Waals surface area contributed by atoms with E-state index in [9.17, 15) is 13.2 Å². The van der Waals surface area contributed by atoms with Gasteiger partial charge in [0.05, 0.1) is 20.6 Å². The lowest BCUT2D eigenvalue weighted by molar-refractivity contribution is -0.660. The number of thiazole rings is 1. The third-order valence-electron chi connectivity index (χ3n) is 7.67. The number of halogens is 3. The Labute approximate surface area is 232 Å². The molecule has 0 saturated carbocycles. The van der Waals surface area contributed by atoms with Gasteiger partial charge in [0.25, 0.3) is 0 Å². The minimum Gasteiger partial charge on any atom is -0.241 e. The molecular weight excluding hydrogens is 513 g/mol. The Morgan fingerprint density at radius 1 is 0.846 bits per heavy atom. The Morgan fingerprint density at radius 3 is 2.18 bits per heavy atom. The molecule has 0 bridgehead atoms. The Balaban J connectivity index is 1.60. The third kappa shape index (κ3) is 5.07. The molecule has 3 aromatic carbocycles. The van der Waals surface area contributed by atoms with Crippen LogP contribution in [0.25, 0.3) is 43.4 Å². The Kier molecular flexibility index (Phi) is 6.61. The summed E-state index contributed by atoms with van der Waals surface area (Å²) >= 11 is 1.34. The molecule has 0 radical (unpaired) electrons. The number of rotatable bonds is 4. The normalized spacial score (nSPS) is 13.0. The maximum Gasteiger partial charge on any atom is 0.394 e. The average molecular weight is 548 g/mol. The standard InChI is InChI=1S/C33H34F3N2S/c1-20-23-10-8-9-11-24(23)26(31(2,3)4)18-25(20)28-17-22(14-15-38(28)7)21-12-13-29-27(16-21)37-30(39-29)19-32(5,6)33(34,35)36/h8-18H,19H2,1-7H3/q+1. The van der Waals surface area contributed by atoms with Crippen molar-refractivity contribution in [3.05, 3.63) is 83.0 Å². The predicted octanol–water partition coefficient (Wildman–Crippen LogP) is 9.34. The molecule has 2 nitrogen and oxygen atoms in total. The third-order valence-corrected chi connectivity index (χ3v) is 8.71. The van der Waals surface area contributed by atoms with Gasteiger partial charge in [0.1, 0.15) is 7.05 Å². The number of hydrogen-bond acceptors (Lipinski definition) is 2. The lowest BCUT2D eigenvalue weighted by atomic mass is 9.80. The molecule has 2 heterocycles. The fraction of sp³-hybridized carbons (Fsp3) is 0.333. The first-order valence-electron chi connectivity index (χ1n) is 13.2. The van der Waals surface area contributed by atoms with Crippen molar-refractivity contribution in [1.29, 1.82) is 0 Å². The number of aromatic nitrogens is 2. The summed E-state index contributed by atoms with van der Waals surface area (Å²) in [7, 11) is 2.06. The molecule has 2 aromatic heterocycles. The van der Waals surface area contributed by atoms with E-state index in [0.29, 0.717) is 5.01 Å². The summed E-state index contributed by atoms with van der Waals surface area (Å²) in [6, 6.07) is 21.2. The van der Waals surface area contributed by atoms with Crippen molar-refractivity contribution in [3.63, 3.8) is 0 Å². The van der Waals surface area contributed by atoms with E-state index < -0.39 is 11.6 Å². The van der Waals surface area contributed by atoms with Gasteiger partial charge < -0.3 is 0 Å². The van der Waals surface area contributed by atoms with Crippen LogP contribution in [0.4, 0.5) is 13.2 Å². The van der Waals surface area contributed by atoms with Crippen LogP contribution >= 0.6 is 11.3 Å². The second kappa shape index (κ2) is 9.44. The zero-order valence-corrected chi connectivity index (χ0v) is 24.3. The molecule has 202 valence electrons. The fourth-order valence-electron chi connectivity index (χ4n) is 5.13. The number of aryl methyl sites for hydroxylation is 2. The lowest BCUT2D eigenvalue weighted by Gasteiger charge is -2.26. The SMILES string of the molecule is Cc1c(-c2cc(-c3ccc4sc(CC(C)(C)C(F)(F)F)nc4c3)cc[n+]2C)cc(C(C)(C)C)c2ccccc12. The summed E-state index contributed by atoms with van der Waals surface area (Å²) in [6.07, 6.45) is -2.34. The molecule has 0 amide bonds. The van der Waals surface area contributed by atoms with Crippen molar-refractivity contribution in [1.82, 2.24) is 4.98 Å². The second-order valence-electron chi connectivity index (χ2n) is 12.2. The second-order valence-corrected chi connectivity index (χ2v) is 13.3. The Hall–Kier alpha value is -3.25. The minimum atomic E-state index is -4.28. The van der Waals surface area contributed by atoms with Crippen LogP contribution in [0, 0.1) is 12.3 Å². The summed E-state index contributed by atoms with van der Waals surface area (Å²) in [4.78, 5) is 4.60. The molecule has 5 aromatic rings. The van der Waals surface area contributed by atoms with Crippen LogP contribution in [-0.2, 0) is 18.9 Å². The molecule has 0 fully saturated rings. The van der Waals surface area contributed by atoms with Crippen LogP contribution in [0.5, 0.6) is 0 Å². The zero-order chi connectivity index (χ0) is 28.3. The Morgan fingerprint density at radius 2 is 1.51 bits per heavy atom.